The fraction of sp³-hybridized carbons (Fsp3) is 0.455. The van der Waals surface area contributed by atoms with Gasteiger partial charge in [-0.05, 0) is 48.1 Å². The van der Waals surface area contributed by atoms with Crippen molar-refractivity contribution in [1.29, 1.82) is 0 Å². The lowest BCUT2D eigenvalue weighted by atomic mass is 10.0. The first-order valence-corrected chi connectivity index (χ1v) is 6.38. The van der Waals surface area contributed by atoms with E-state index in [0.717, 1.165) is 18.7 Å². The Kier molecular flexibility index (Phi) is 3.53. The number of anilines is 1. The van der Waals surface area contributed by atoms with Crippen molar-refractivity contribution in [2.24, 2.45) is 0 Å². The van der Waals surface area contributed by atoms with E-state index in [9.17, 15) is 10.1 Å². The molecule has 0 aliphatic carbocycles. The standard InChI is InChI=1S/C11H13IN2O3/c1-11(4-5-17-7-11)13-8-2-3-10(14(15)16)9(12)6-8/h2-3,6,13H,4-5,7H2,1H3. The molecule has 6 heteroatoms. The summed E-state index contributed by atoms with van der Waals surface area (Å²) in [5.41, 5.74) is 0.969. The Morgan fingerprint density at radius 1 is 1.59 bits per heavy atom. The largest absolute Gasteiger partial charge is 0.379 e. The Morgan fingerprint density at radius 2 is 2.35 bits per heavy atom. The van der Waals surface area contributed by atoms with Crippen LogP contribution in [0.2, 0.25) is 0 Å². The maximum atomic E-state index is 10.7. The van der Waals surface area contributed by atoms with E-state index >= 15 is 0 Å². The van der Waals surface area contributed by atoms with Crippen molar-refractivity contribution in [3.8, 4) is 0 Å². The SMILES string of the molecule is CC1(Nc2ccc([N+](=O)[O-])c(I)c2)CCOC1. The second kappa shape index (κ2) is 4.77. The van der Waals surface area contributed by atoms with E-state index in [4.69, 9.17) is 4.74 Å². The summed E-state index contributed by atoms with van der Waals surface area (Å²) in [5.74, 6) is 0. The highest BCUT2D eigenvalue weighted by Crippen LogP contribution is 2.28. The highest BCUT2D eigenvalue weighted by atomic mass is 127. The first kappa shape index (κ1) is 12.6. The van der Waals surface area contributed by atoms with Gasteiger partial charge in [-0.3, -0.25) is 10.1 Å². The van der Waals surface area contributed by atoms with Gasteiger partial charge in [-0.15, -0.1) is 0 Å². The van der Waals surface area contributed by atoms with Gasteiger partial charge in [0, 0.05) is 18.4 Å². The smallest absolute Gasteiger partial charge is 0.282 e. The Hall–Kier alpha value is -0.890. The monoisotopic (exact) mass is 348 g/mol. The third kappa shape index (κ3) is 2.86. The number of nitrogens with zero attached hydrogens (tertiary/aromatic N) is 1. The van der Waals surface area contributed by atoms with Crippen LogP contribution in [0.25, 0.3) is 0 Å². The van der Waals surface area contributed by atoms with Crippen LogP contribution < -0.4 is 5.32 Å². The van der Waals surface area contributed by atoms with Crippen LogP contribution >= 0.6 is 22.6 Å². The molecule has 1 atom stereocenters. The first-order valence-electron chi connectivity index (χ1n) is 5.30. The molecule has 0 bridgehead atoms. The minimum atomic E-state index is -0.369. The molecule has 0 saturated carbocycles. The van der Waals surface area contributed by atoms with E-state index in [-0.39, 0.29) is 16.1 Å². The third-order valence-electron chi connectivity index (χ3n) is 2.81. The average Bonchev–Trinajstić information content (AvgIpc) is 2.64. The summed E-state index contributed by atoms with van der Waals surface area (Å²) < 4.78 is 5.99. The average molecular weight is 348 g/mol. The van der Waals surface area contributed by atoms with Crippen molar-refractivity contribution >= 4 is 34.0 Å². The molecule has 0 amide bonds. The van der Waals surface area contributed by atoms with Crippen LogP contribution in [0.1, 0.15) is 13.3 Å². The summed E-state index contributed by atoms with van der Waals surface area (Å²) in [6.45, 7) is 3.52. The number of nitrogens with one attached hydrogen (secondary N) is 1. The molecular weight excluding hydrogens is 335 g/mol. The molecular formula is C11H13IN2O3. The van der Waals surface area contributed by atoms with E-state index < -0.39 is 0 Å². The molecule has 5 nitrogen and oxygen atoms in total. The highest BCUT2D eigenvalue weighted by Gasteiger charge is 2.29. The molecule has 1 aromatic carbocycles. The molecule has 0 spiro atoms. The van der Waals surface area contributed by atoms with E-state index in [0.29, 0.717) is 10.2 Å². The van der Waals surface area contributed by atoms with E-state index in [1.807, 2.05) is 22.6 Å². The molecule has 1 heterocycles. The Morgan fingerprint density at radius 3 is 2.88 bits per heavy atom. The van der Waals surface area contributed by atoms with E-state index in [2.05, 4.69) is 12.2 Å². The van der Waals surface area contributed by atoms with Crippen LogP contribution in [0.4, 0.5) is 11.4 Å². The van der Waals surface area contributed by atoms with Crippen LogP contribution in [0.15, 0.2) is 18.2 Å². The Bertz CT molecular complexity index is 444. The molecule has 1 aromatic rings. The van der Waals surface area contributed by atoms with Crippen molar-refractivity contribution in [3.63, 3.8) is 0 Å². The molecule has 2 rings (SSSR count). The van der Waals surface area contributed by atoms with Gasteiger partial charge in [0.1, 0.15) is 0 Å². The van der Waals surface area contributed by atoms with Crippen molar-refractivity contribution < 1.29 is 9.66 Å². The molecule has 1 unspecified atom stereocenters. The van der Waals surface area contributed by atoms with Gasteiger partial charge in [-0.2, -0.15) is 0 Å². The van der Waals surface area contributed by atoms with Gasteiger partial charge in [-0.1, -0.05) is 0 Å². The second-order valence-corrected chi connectivity index (χ2v) is 5.57. The predicted molar refractivity (Wildman–Crippen MR) is 73.3 cm³/mol. The van der Waals surface area contributed by atoms with Crippen molar-refractivity contribution in [1.82, 2.24) is 0 Å². The van der Waals surface area contributed by atoms with Crippen molar-refractivity contribution in [2.75, 3.05) is 18.5 Å². The van der Waals surface area contributed by atoms with Crippen LogP contribution in [0, 0.1) is 13.7 Å². The maximum absolute atomic E-state index is 10.7. The number of halogens is 1. The summed E-state index contributed by atoms with van der Waals surface area (Å²) in [4.78, 5) is 10.3. The van der Waals surface area contributed by atoms with Gasteiger partial charge in [-0.25, -0.2) is 0 Å². The predicted octanol–water partition coefficient (Wildman–Crippen LogP) is 2.79. The van der Waals surface area contributed by atoms with E-state index in [1.54, 1.807) is 12.1 Å². The number of rotatable bonds is 3. The molecule has 0 aromatic heterocycles. The summed E-state index contributed by atoms with van der Waals surface area (Å²) in [5, 5.41) is 14.1. The third-order valence-corrected chi connectivity index (χ3v) is 3.67. The molecule has 1 aliphatic heterocycles. The molecule has 1 fully saturated rings. The summed E-state index contributed by atoms with van der Waals surface area (Å²) >= 11 is 1.98. The van der Waals surface area contributed by atoms with Crippen LogP contribution in [0.3, 0.4) is 0 Å². The Labute approximate surface area is 113 Å². The van der Waals surface area contributed by atoms with Gasteiger partial charge in [0.15, 0.2) is 0 Å². The summed E-state index contributed by atoms with van der Waals surface area (Å²) in [7, 11) is 0. The minimum absolute atomic E-state index is 0.0702. The number of hydrogen-bond donors (Lipinski definition) is 1. The highest BCUT2D eigenvalue weighted by molar-refractivity contribution is 14.1. The van der Waals surface area contributed by atoms with Gasteiger partial charge < -0.3 is 10.1 Å². The van der Waals surface area contributed by atoms with E-state index in [1.165, 1.54) is 6.07 Å². The van der Waals surface area contributed by atoms with Crippen LogP contribution in [-0.2, 0) is 4.74 Å². The number of nitro benzene ring substituents is 1. The minimum Gasteiger partial charge on any atom is -0.379 e. The number of benzene rings is 1. The molecule has 1 N–H and O–H groups in total. The zero-order chi connectivity index (χ0) is 12.5. The fourth-order valence-electron chi connectivity index (χ4n) is 1.85. The lowest BCUT2D eigenvalue weighted by Gasteiger charge is -2.25. The van der Waals surface area contributed by atoms with Gasteiger partial charge >= 0.3 is 0 Å². The Balaban J connectivity index is 2.17. The molecule has 0 radical (unpaired) electrons. The number of ether oxygens (including phenoxy) is 1. The van der Waals surface area contributed by atoms with Crippen molar-refractivity contribution in [2.45, 2.75) is 18.9 Å². The van der Waals surface area contributed by atoms with Gasteiger partial charge in [0.05, 0.1) is 20.6 Å². The van der Waals surface area contributed by atoms with Crippen molar-refractivity contribution in [3.05, 3.63) is 31.9 Å². The molecule has 1 aliphatic rings. The number of nitro groups is 1. The fourth-order valence-corrected chi connectivity index (χ4v) is 2.56. The van der Waals surface area contributed by atoms with Gasteiger partial charge in [0.2, 0.25) is 0 Å². The maximum Gasteiger partial charge on any atom is 0.282 e. The first-order chi connectivity index (χ1) is 8.00. The topological polar surface area (TPSA) is 64.4 Å². The summed E-state index contributed by atoms with van der Waals surface area (Å²) in [6, 6.07) is 5.06. The molecule has 92 valence electrons. The van der Waals surface area contributed by atoms with Crippen LogP contribution in [0.5, 0.6) is 0 Å². The summed E-state index contributed by atoms with van der Waals surface area (Å²) in [6.07, 6.45) is 0.945. The lowest BCUT2D eigenvalue weighted by Crippen LogP contribution is -2.34. The molecule has 17 heavy (non-hydrogen) atoms. The number of hydrogen-bond acceptors (Lipinski definition) is 4. The zero-order valence-corrected chi connectivity index (χ0v) is 11.6. The zero-order valence-electron chi connectivity index (χ0n) is 9.40. The molecule has 1 saturated heterocycles. The quantitative estimate of drug-likeness (QED) is 0.518. The lowest BCUT2D eigenvalue weighted by molar-refractivity contribution is -0.385. The normalized spacial score (nSPS) is 23.6. The van der Waals surface area contributed by atoms with Gasteiger partial charge in [0.25, 0.3) is 5.69 Å². The second-order valence-electron chi connectivity index (χ2n) is 4.41. The van der Waals surface area contributed by atoms with Crippen LogP contribution in [-0.4, -0.2) is 23.7 Å².